The predicted molar refractivity (Wildman–Crippen MR) is 121 cm³/mol. The van der Waals surface area contributed by atoms with Crippen molar-refractivity contribution in [2.75, 3.05) is 6.54 Å². The number of carbonyl (C=O) groups is 1. The molecule has 34 heavy (non-hydrogen) atoms. The zero-order chi connectivity index (χ0) is 24.3. The number of hydrogen-bond acceptors (Lipinski definition) is 3. The fourth-order valence-corrected chi connectivity index (χ4v) is 4.39. The van der Waals surface area contributed by atoms with Crippen molar-refractivity contribution in [3.05, 3.63) is 95.3 Å². The van der Waals surface area contributed by atoms with Gasteiger partial charge in [0.2, 0.25) is 0 Å². The third-order valence-corrected chi connectivity index (χ3v) is 6.38. The number of cyclic esters (lactones) is 1. The van der Waals surface area contributed by atoms with E-state index in [2.05, 4.69) is 6.07 Å². The van der Waals surface area contributed by atoms with E-state index in [0.717, 1.165) is 0 Å². The normalized spacial score (nSPS) is 18.8. The lowest BCUT2D eigenvalue weighted by molar-refractivity contribution is -0.0648. The van der Waals surface area contributed by atoms with Crippen molar-refractivity contribution in [2.45, 2.75) is 37.8 Å². The van der Waals surface area contributed by atoms with Crippen LogP contribution in [-0.4, -0.2) is 17.5 Å². The number of benzene rings is 3. The zero-order valence-corrected chi connectivity index (χ0v) is 18.6. The van der Waals surface area contributed by atoms with Crippen molar-refractivity contribution >= 4 is 6.09 Å². The summed E-state index contributed by atoms with van der Waals surface area (Å²) in [7, 11) is 0. The smallest absolute Gasteiger partial charge is 0.411 e. The first-order valence-electron chi connectivity index (χ1n) is 11.0. The van der Waals surface area contributed by atoms with E-state index in [9.17, 15) is 18.0 Å². The molecule has 3 aromatic rings. The molecule has 4 rings (SSSR count). The third-order valence-electron chi connectivity index (χ3n) is 6.38. The maximum Gasteiger partial charge on any atom is 0.411 e. The van der Waals surface area contributed by atoms with Crippen LogP contribution in [0.3, 0.4) is 0 Å². The molecular weight excluding hydrogens is 441 g/mol. The summed E-state index contributed by atoms with van der Waals surface area (Å²) in [5.41, 5.74) is 1.10. The summed E-state index contributed by atoms with van der Waals surface area (Å²) < 4.78 is 47.4. The van der Waals surface area contributed by atoms with E-state index in [1.165, 1.54) is 47.4 Å². The fraction of sp³-hybridized carbons (Fsp3) is 0.259. The standard InChI is InChI=1S/C27H23F3N2O2/c1-18(20-5-12-24(25(30)17-20)19-3-8-22(28)9-4-19)32-16-14-27(13-2-15-31,34-26(32)33)21-6-10-23(29)11-7-21/h3-12,17-18H,2,13-14,16H2,1H3/t18-,27+/m0/s1. The fourth-order valence-electron chi connectivity index (χ4n) is 4.39. The molecule has 0 bridgehead atoms. The lowest BCUT2D eigenvalue weighted by Gasteiger charge is -2.43. The Morgan fingerprint density at radius 3 is 2.26 bits per heavy atom. The third kappa shape index (κ3) is 4.62. The second kappa shape index (κ2) is 9.60. The van der Waals surface area contributed by atoms with Crippen molar-refractivity contribution in [3.8, 4) is 17.2 Å². The molecule has 1 aliphatic rings. The van der Waals surface area contributed by atoms with Crippen LogP contribution in [0.4, 0.5) is 18.0 Å². The summed E-state index contributed by atoms with van der Waals surface area (Å²) in [6.07, 6.45) is 0.302. The Kier molecular flexibility index (Phi) is 6.60. The quantitative estimate of drug-likeness (QED) is 0.400. The topological polar surface area (TPSA) is 53.3 Å². The van der Waals surface area contributed by atoms with Gasteiger partial charge < -0.3 is 9.64 Å². The van der Waals surface area contributed by atoms with Gasteiger partial charge in [0.05, 0.1) is 12.1 Å². The van der Waals surface area contributed by atoms with Crippen LogP contribution in [0, 0.1) is 28.8 Å². The van der Waals surface area contributed by atoms with Crippen LogP contribution in [0.2, 0.25) is 0 Å². The first-order chi connectivity index (χ1) is 16.3. The molecule has 0 saturated carbocycles. The van der Waals surface area contributed by atoms with Crippen LogP contribution in [0.25, 0.3) is 11.1 Å². The van der Waals surface area contributed by atoms with Crippen LogP contribution in [0.15, 0.2) is 66.7 Å². The molecule has 1 amide bonds. The Balaban J connectivity index is 1.55. The van der Waals surface area contributed by atoms with Gasteiger partial charge in [-0.15, -0.1) is 0 Å². The number of hydrogen-bond donors (Lipinski definition) is 0. The Morgan fingerprint density at radius 2 is 1.68 bits per heavy atom. The van der Waals surface area contributed by atoms with E-state index in [4.69, 9.17) is 10.00 Å². The molecule has 1 saturated heterocycles. The number of amides is 1. The summed E-state index contributed by atoms with van der Waals surface area (Å²) >= 11 is 0. The van der Waals surface area contributed by atoms with Crippen molar-refractivity contribution in [1.29, 1.82) is 5.26 Å². The maximum atomic E-state index is 14.9. The molecule has 0 unspecified atom stereocenters. The van der Waals surface area contributed by atoms with Gasteiger partial charge in [0.15, 0.2) is 0 Å². The first-order valence-corrected chi connectivity index (χ1v) is 11.0. The molecule has 0 aromatic heterocycles. The summed E-state index contributed by atoms with van der Waals surface area (Å²) in [5.74, 6) is -1.27. The van der Waals surface area contributed by atoms with E-state index in [1.54, 1.807) is 31.2 Å². The van der Waals surface area contributed by atoms with E-state index >= 15 is 0 Å². The molecule has 1 heterocycles. The number of carbonyl (C=O) groups excluding carboxylic acids is 1. The summed E-state index contributed by atoms with van der Waals surface area (Å²) in [5, 5.41) is 9.09. The highest BCUT2D eigenvalue weighted by Crippen LogP contribution is 2.40. The molecular formula is C27H23F3N2O2. The summed E-state index contributed by atoms with van der Waals surface area (Å²) in [4.78, 5) is 14.6. The van der Waals surface area contributed by atoms with Crippen LogP contribution in [0.1, 0.15) is 43.4 Å². The molecule has 3 aromatic carbocycles. The van der Waals surface area contributed by atoms with E-state index in [0.29, 0.717) is 41.6 Å². The van der Waals surface area contributed by atoms with Gasteiger partial charge in [-0.3, -0.25) is 0 Å². The second-order valence-electron chi connectivity index (χ2n) is 8.39. The molecule has 4 nitrogen and oxygen atoms in total. The molecule has 0 N–H and O–H groups in total. The lowest BCUT2D eigenvalue weighted by Crippen LogP contribution is -2.48. The van der Waals surface area contributed by atoms with Crippen molar-refractivity contribution < 1.29 is 22.7 Å². The predicted octanol–water partition coefficient (Wildman–Crippen LogP) is 6.87. The van der Waals surface area contributed by atoms with Gasteiger partial charge >= 0.3 is 6.09 Å². The van der Waals surface area contributed by atoms with Gasteiger partial charge in [-0.05, 0) is 53.9 Å². The highest BCUT2D eigenvalue weighted by atomic mass is 19.1. The highest BCUT2D eigenvalue weighted by molar-refractivity contribution is 5.70. The maximum absolute atomic E-state index is 14.9. The van der Waals surface area contributed by atoms with Gasteiger partial charge in [0.25, 0.3) is 0 Å². The Labute approximate surface area is 196 Å². The minimum atomic E-state index is -1.02. The second-order valence-corrected chi connectivity index (χ2v) is 8.39. The highest BCUT2D eigenvalue weighted by Gasteiger charge is 2.43. The van der Waals surface area contributed by atoms with Gasteiger partial charge in [0, 0.05) is 31.4 Å². The van der Waals surface area contributed by atoms with E-state index < -0.39 is 35.2 Å². The van der Waals surface area contributed by atoms with Gasteiger partial charge in [-0.1, -0.05) is 36.4 Å². The van der Waals surface area contributed by atoms with Crippen LogP contribution in [-0.2, 0) is 10.3 Å². The monoisotopic (exact) mass is 464 g/mol. The van der Waals surface area contributed by atoms with Gasteiger partial charge in [-0.25, -0.2) is 18.0 Å². The lowest BCUT2D eigenvalue weighted by atomic mass is 9.84. The summed E-state index contributed by atoms with van der Waals surface area (Å²) in [6.45, 7) is 2.11. The number of halogens is 3. The van der Waals surface area contributed by atoms with Crippen LogP contribution >= 0.6 is 0 Å². The SMILES string of the molecule is C[C@@H](c1ccc(-c2ccc(F)cc2)c(F)c1)N1CC[C@](CCC#N)(c2ccc(F)cc2)OC1=O. The Morgan fingerprint density at radius 1 is 1.03 bits per heavy atom. The molecule has 2 atom stereocenters. The zero-order valence-electron chi connectivity index (χ0n) is 18.6. The van der Waals surface area contributed by atoms with Crippen molar-refractivity contribution in [1.82, 2.24) is 4.90 Å². The number of rotatable bonds is 6. The Bertz CT molecular complexity index is 1220. The van der Waals surface area contributed by atoms with Gasteiger partial charge in [-0.2, -0.15) is 5.26 Å². The average Bonchev–Trinajstić information content (AvgIpc) is 2.83. The Hall–Kier alpha value is -3.79. The molecule has 1 aliphatic heterocycles. The van der Waals surface area contributed by atoms with Crippen LogP contribution < -0.4 is 0 Å². The van der Waals surface area contributed by atoms with E-state index in [-0.39, 0.29) is 6.42 Å². The molecule has 1 fully saturated rings. The minimum Gasteiger partial charge on any atom is -0.438 e. The molecule has 0 spiro atoms. The van der Waals surface area contributed by atoms with E-state index in [1.807, 2.05) is 0 Å². The number of nitrogens with zero attached hydrogens (tertiary/aromatic N) is 2. The number of nitriles is 1. The average molecular weight is 464 g/mol. The molecule has 7 heteroatoms. The van der Waals surface area contributed by atoms with Crippen molar-refractivity contribution in [2.24, 2.45) is 0 Å². The minimum absolute atomic E-state index is 0.177. The molecule has 174 valence electrons. The van der Waals surface area contributed by atoms with Crippen molar-refractivity contribution in [3.63, 3.8) is 0 Å². The largest absolute Gasteiger partial charge is 0.438 e. The van der Waals surface area contributed by atoms with Crippen LogP contribution in [0.5, 0.6) is 0 Å². The molecule has 0 aliphatic carbocycles. The number of ether oxygens (including phenoxy) is 1. The first kappa shape index (κ1) is 23.4. The summed E-state index contributed by atoms with van der Waals surface area (Å²) in [6, 6.07) is 17.6. The van der Waals surface area contributed by atoms with Gasteiger partial charge in [0.1, 0.15) is 23.1 Å². The molecule has 0 radical (unpaired) electrons.